The van der Waals surface area contributed by atoms with Gasteiger partial charge in [-0.1, -0.05) is 30.3 Å². The van der Waals surface area contributed by atoms with Gasteiger partial charge in [0.2, 0.25) is 0 Å². The fourth-order valence-corrected chi connectivity index (χ4v) is 6.50. The molecule has 34 heavy (non-hydrogen) atoms. The summed E-state index contributed by atoms with van der Waals surface area (Å²) in [4.78, 5) is 18.0. The summed E-state index contributed by atoms with van der Waals surface area (Å²) in [6.07, 6.45) is 5.78. The van der Waals surface area contributed by atoms with Gasteiger partial charge in [0.05, 0.1) is 13.2 Å². The third kappa shape index (κ3) is 4.48. The minimum absolute atomic E-state index is 0.0383. The summed E-state index contributed by atoms with van der Waals surface area (Å²) in [5.74, 6) is 2.27. The number of hydrogen-bond acceptors (Lipinski definition) is 4. The Hall–Kier alpha value is -2.37. The lowest BCUT2D eigenvalue weighted by Gasteiger charge is -2.56. The molecule has 0 radical (unpaired) electrons. The van der Waals surface area contributed by atoms with Gasteiger partial charge in [0.1, 0.15) is 5.75 Å². The van der Waals surface area contributed by atoms with Crippen molar-refractivity contribution in [3.63, 3.8) is 0 Å². The van der Waals surface area contributed by atoms with Gasteiger partial charge < -0.3 is 19.3 Å². The lowest BCUT2D eigenvalue weighted by molar-refractivity contribution is -0.0794. The Morgan fingerprint density at radius 3 is 2.62 bits per heavy atom. The van der Waals surface area contributed by atoms with Gasteiger partial charge in [-0.05, 0) is 74.4 Å². The third-order valence-electron chi connectivity index (χ3n) is 8.64. The summed E-state index contributed by atoms with van der Waals surface area (Å²) in [5, 5.41) is 0. The number of hydrogen-bond donors (Lipinski definition) is 0. The van der Waals surface area contributed by atoms with Crippen LogP contribution in [0.2, 0.25) is 0 Å². The van der Waals surface area contributed by atoms with Crippen molar-refractivity contribution >= 4 is 5.91 Å². The first kappa shape index (κ1) is 23.4. The number of ether oxygens (including phenoxy) is 2. The van der Waals surface area contributed by atoms with Crippen LogP contribution >= 0.6 is 0 Å². The highest BCUT2D eigenvalue weighted by atomic mass is 16.5. The van der Waals surface area contributed by atoms with E-state index in [2.05, 4.69) is 23.1 Å². The van der Waals surface area contributed by atoms with Crippen molar-refractivity contribution in [1.82, 2.24) is 9.80 Å². The SMILES string of the molecule is COc1cccc([C@@]23CCN(CC4CC4)C[C@H]2C(OC)C[C@H](N(C)C(=O)c2ccccc2)C3)c1. The van der Waals surface area contributed by atoms with Crippen LogP contribution in [-0.2, 0) is 10.2 Å². The van der Waals surface area contributed by atoms with Crippen LogP contribution in [0, 0.1) is 11.8 Å². The molecule has 2 aromatic rings. The molecule has 1 unspecified atom stereocenters. The Labute approximate surface area is 204 Å². The maximum atomic E-state index is 13.4. The van der Waals surface area contributed by atoms with Crippen molar-refractivity contribution in [1.29, 1.82) is 0 Å². The van der Waals surface area contributed by atoms with Gasteiger partial charge in [-0.3, -0.25) is 4.79 Å². The van der Waals surface area contributed by atoms with E-state index >= 15 is 0 Å². The van der Waals surface area contributed by atoms with Crippen molar-refractivity contribution in [2.45, 2.75) is 49.7 Å². The van der Waals surface area contributed by atoms with E-state index in [-0.39, 0.29) is 23.5 Å². The van der Waals surface area contributed by atoms with Crippen LogP contribution in [0.4, 0.5) is 0 Å². The van der Waals surface area contributed by atoms with E-state index in [1.165, 1.54) is 24.9 Å². The number of rotatable bonds is 7. The molecule has 0 bridgehead atoms. The van der Waals surface area contributed by atoms with E-state index < -0.39 is 0 Å². The molecule has 3 aliphatic rings. The maximum Gasteiger partial charge on any atom is 0.253 e. The van der Waals surface area contributed by atoms with Crippen LogP contribution in [0.1, 0.15) is 48.0 Å². The average molecular weight is 463 g/mol. The van der Waals surface area contributed by atoms with E-state index in [9.17, 15) is 4.79 Å². The van der Waals surface area contributed by atoms with Gasteiger partial charge in [0.25, 0.3) is 5.91 Å². The Bertz CT molecular complexity index is 992. The maximum absolute atomic E-state index is 13.4. The van der Waals surface area contributed by atoms with Crippen molar-refractivity contribution in [2.75, 3.05) is 40.9 Å². The van der Waals surface area contributed by atoms with Crippen LogP contribution in [-0.4, -0.2) is 68.8 Å². The van der Waals surface area contributed by atoms with Crippen molar-refractivity contribution < 1.29 is 14.3 Å². The Balaban J connectivity index is 1.48. The summed E-state index contributed by atoms with van der Waals surface area (Å²) in [6, 6.07) is 18.4. The first-order valence-corrected chi connectivity index (χ1v) is 12.8. The minimum Gasteiger partial charge on any atom is -0.497 e. The molecular weight excluding hydrogens is 424 g/mol. The Kier molecular flexibility index (Phi) is 6.67. The molecule has 4 atom stereocenters. The smallest absolute Gasteiger partial charge is 0.253 e. The molecule has 0 spiro atoms. The molecule has 2 saturated carbocycles. The molecule has 1 heterocycles. The summed E-state index contributed by atoms with van der Waals surface area (Å²) in [6.45, 7) is 3.38. The fraction of sp³-hybridized carbons (Fsp3) is 0.552. The van der Waals surface area contributed by atoms with Crippen LogP contribution in [0.3, 0.4) is 0 Å². The average Bonchev–Trinajstić information content (AvgIpc) is 3.71. The van der Waals surface area contributed by atoms with Gasteiger partial charge in [-0.15, -0.1) is 0 Å². The molecule has 2 aromatic carbocycles. The molecule has 182 valence electrons. The standard InChI is InChI=1S/C29H38N2O3/c1-30(28(32)22-8-5-4-6-9-22)24-17-27(34-3)26-20-31(19-21-12-13-21)15-14-29(26,18-24)23-10-7-11-25(16-23)33-2/h4-11,16,21,24,26-27H,12-15,17-20H2,1-3H3/t24-,26-,27?,29-/m0/s1. The summed E-state index contributed by atoms with van der Waals surface area (Å²) in [5.41, 5.74) is 2.04. The monoisotopic (exact) mass is 462 g/mol. The zero-order chi connectivity index (χ0) is 23.7. The van der Waals surface area contributed by atoms with Crippen LogP contribution < -0.4 is 4.74 Å². The molecule has 1 saturated heterocycles. The number of benzene rings is 2. The van der Waals surface area contributed by atoms with Gasteiger partial charge in [-0.25, -0.2) is 0 Å². The van der Waals surface area contributed by atoms with Crippen LogP contribution in [0.5, 0.6) is 5.75 Å². The second-order valence-electron chi connectivity index (χ2n) is 10.6. The second kappa shape index (κ2) is 9.71. The number of methoxy groups -OCH3 is 2. The largest absolute Gasteiger partial charge is 0.497 e. The van der Waals surface area contributed by atoms with Crippen molar-refractivity contribution in [3.05, 3.63) is 65.7 Å². The number of carbonyl (C=O) groups is 1. The fourth-order valence-electron chi connectivity index (χ4n) is 6.50. The normalized spacial score (nSPS) is 29.3. The van der Waals surface area contributed by atoms with E-state index in [4.69, 9.17) is 9.47 Å². The zero-order valence-corrected chi connectivity index (χ0v) is 20.8. The third-order valence-corrected chi connectivity index (χ3v) is 8.64. The molecule has 1 aliphatic heterocycles. The highest BCUT2D eigenvalue weighted by molar-refractivity contribution is 5.94. The van der Waals surface area contributed by atoms with Crippen molar-refractivity contribution in [3.8, 4) is 5.75 Å². The summed E-state index contributed by atoms with van der Waals surface area (Å²) >= 11 is 0. The predicted octanol–water partition coefficient (Wildman–Crippen LogP) is 4.61. The zero-order valence-electron chi connectivity index (χ0n) is 20.8. The molecule has 1 amide bonds. The highest BCUT2D eigenvalue weighted by Gasteiger charge is 2.53. The van der Waals surface area contributed by atoms with E-state index in [1.807, 2.05) is 55.5 Å². The quantitative estimate of drug-likeness (QED) is 0.602. The van der Waals surface area contributed by atoms with E-state index in [1.54, 1.807) is 7.11 Å². The molecule has 0 aromatic heterocycles. The molecular formula is C29H38N2O3. The molecule has 5 nitrogen and oxygen atoms in total. The van der Waals surface area contributed by atoms with E-state index in [0.29, 0.717) is 5.92 Å². The molecule has 5 heteroatoms. The number of nitrogens with zero attached hydrogens (tertiary/aromatic N) is 2. The van der Waals surface area contributed by atoms with Gasteiger partial charge in [0, 0.05) is 50.2 Å². The Morgan fingerprint density at radius 1 is 1.12 bits per heavy atom. The lowest BCUT2D eigenvalue weighted by atomic mass is 9.56. The van der Waals surface area contributed by atoms with Crippen LogP contribution in [0.15, 0.2) is 54.6 Å². The minimum atomic E-state index is -0.0383. The summed E-state index contributed by atoms with van der Waals surface area (Å²) in [7, 11) is 5.55. The van der Waals surface area contributed by atoms with Crippen LogP contribution in [0.25, 0.3) is 0 Å². The predicted molar refractivity (Wildman–Crippen MR) is 134 cm³/mol. The van der Waals surface area contributed by atoms with E-state index in [0.717, 1.165) is 49.6 Å². The number of amides is 1. The number of fused-ring (bicyclic) bond motifs is 1. The lowest BCUT2D eigenvalue weighted by Crippen LogP contribution is -2.61. The second-order valence-corrected chi connectivity index (χ2v) is 10.6. The highest BCUT2D eigenvalue weighted by Crippen LogP contribution is 2.51. The Morgan fingerprint density at radius 2 is 1.91 bits per heavy atom. The molecule has 0 N–H and O–H groups in total. The van der Waals surface area contributed by atoms with Gasteiger partial charge >= 0.3 is 0 Å². The van der Waals surface area contributed by atoms with Gasteiger partial charge in [0.15, 0.2) is 0 Å². The van der Waals surface area contributed by atoms with Crippen molar-refractivity contribution in [2.24, 2.45) is 11.8 Å². The number of carbonyl (C=O) groups excluding carboxylic acids is 1. The first-order valence-electron chi connectivity index (χ1n) is 12.8. The summed E-state index contributed by atoms with van der Waals surface area (Å²) < 4.78 is 11.8. The molecule has 2 aliphatic carbocycles. The topological polar surface area (TPSA) is 42.0 Å². The molecule has 3 fully saturated rings. The number of likely N-dealkylation sites (tertiary alicyclic amines) is 1. The molecule has 5 rings (SSSR count). The van der Waals surface area contributed by atoms with Gasteiger partial charge in [-0.2, -0.15) is 0 Å². The first-order chi connectivity index (χ1) is 16.5. The number of piperidine rings is 1.